The molecule has 3 aliphatic heterocycles. The monoisotopic (exact) mass is 381 g/mol. The largest absolute Gasteiger partial charge is 0.497 e. The summed E-state index contributed by atoms with van der Waals surface area (Å²) in [6.07, 6.45) is 3.37. The minimum Gasteiger partial charge on any atom is -0.497 e. The van der Waals surface area contributed by atoms with E-state index in [2.05, 4.69) is 10.5 Å². The molecule has 1 aromatic heterocycles. The van der Waals surface area contributed by atoms with Crippen LogP contribution in [0.25, 0.3) is 0 Å². The van der Waals surface area contributed by atoms with Gasteiger partial charge in [0.1, 0.15) is 17.1 Å². The van der Waals surface area contributed by atoms with Gasteiger partial charge in [-0.3, -0.25) is 14.5 Å². The molecule has 0 saturated carbocycles. The molecule has 1 spiro atoms. The predicted octanol–water partition coefficient (Wildman–Crippen LogP) is 1.92. The number of aromatic nitrogens is 1. The Balaban J connectivity index is 1.41. The number of amides is 2. The Kier molecular flexibility index (Phi) is 3.60. The molecule has 8 heteroatoms. The van der Waals surface area contributed by atoms with Gasteiger partial charge in [0.2, 0.25) is 11.8 Å². The maximum Gasteiger partial charge on any atom is 0.235 e. The van der Waals surface area contributed by atoms with Gasteiger partial charge in [-0.15, -0.1) is 0 Å². The van der Waals surface area contributed by atoms with E-state index in [-0.39, 0.29) is 11.8 Å². The molecule has 28 heavy (non-hydrogen) atoms. The van der Waals surface area contributed by atoms with Crippen LogP contribution in [0.1, 0.15) is 5.76 Å². The van der Waals surface area contributed by atoms with Crippen molar-refractivity contribution in [3.8, 4) is 5.75 Å². The molecule has 1 aromatic carbocycles. The number of nitrogens with zero attached hydrogens (tertiary/aromatic N) is 2. The summed E-state index contributed by atoms with van der Waals surface area (Å²) in [5.74, 6) is 0.170. The number of methoxy groups -OCH3 is 1. The van der Waals surface area contributed by atoms with Crippen LogP contribution in [0.15, 0.2) is 47.0 Å². The van der Waals surface area contributed by atoms with Crippen LogP contribution >= 0.6 is 0 Å². The smallest absolute Gasteiger partial charge is 0.235 e. The van der Waals surface area contributed by atoms with Crippen LogP contribution in [-0.4, -0.2) is 42.3 Å². The number of aryl methyl sites for hydroxylation is 1. The van der Waals surface area contributed by atoms with E-state index in [1.54, 1.807) is 49.3 Å². The molecule has 0 aliphatic carbocycles. The van der Waals surface area contributed by atoms with Crippen LogP contribution in [-0.2, 0) is 14.3 Å². The van der Waals surface area contributed by atoms with Crippen LogP contribution in [0, 0.1) is 18.8 Å². The van der Waals surface area contributed by atoms with Crippen molar-refractivity contribution in [2.75, 3.05) is 23.9 Å². The minimum absolute atomic E-state index is 0.171. The van der Waals surface area contributed by atoms with Crippen molar-refractivity contribution in [3.63, 3.8) is 0 Å². The molecule has 0 radical (unpaired) electrons. The second-order valence-corrected chi connectivity index (χ2v) is 7.34. The number of anilines is 2. The highest BCUT2D eigenvalue weighted by atomic mass is 16.5. The number of benzene rings is 1. The lowest BCUT2D eigenvalue weighted by atomic mass is 9.77. The number of hydrogen-bond acceptors (Lipinski definition) is 6. The highest BCUT2D eigenvalue weighted by Crippen LogP contribution is 2.52. The second kappa shape index (κ2) is 5.93. The average molecular weight is 381 g/mol. The molecule has 4 heterocycles. The Morgan fingerprint density at radius 2 is 2.14 bits per heavy atom. The Morgan fingerprint density at radius 1 is 1.36 bits per heavy atom. The van der Waals surface area contributed by atoms with E-state index < -0.39 is 23.5 Å². The fourth-order valence-electron chi connectivity index (χ4n) is 4.37. The standard InChI is InChI=1S/C20H19N3O5/c1-11-9-15(22-28-11)23-10-20-8-7-14(27-20)16(17(20)19(23)25)18(24)21-12-3-5-13(26-2)6-4-12/h3-9,14,16-17H,10H2,1-2H3,(H,21,24)/t14-,16-,17-,20-/m1/s1. The van der Waals surface area contributed by atoms with Crippen molar-refractivity contribution in [3.05, 3.63) is 48.2 Å². The summed E-state index contributed by atoms with van der Waals surface area (Å²) >= 11 is 0. The third-order valence-corrected chi connectivity index (χ3v) is 5.65. The van der Waals surface area contributed by atoms with Gasteiger partial charge >= 0.3 is 0 Å². The summed E-state index contributed by atoms with van der Waals surface area (Å²) in [5, 5.41) is 6.84. The maximum absolute atomic E-state index is 13.2. The topological polar surface area (TPSA) is 93.9 Å². The molecule has 4 atom stereocenters. The molecule has 2 fully saturated rings. The van der Waals surface area contributed by atoms with Crippen LogP contribution in [0.3, 0.4) is 0 Å². The molecule has 2 bridgehead atoms. The zero-order chi connectivity index (χ0) is 19.5. The predicted molar refractivity (Wildman–Crippen MR) is 98.9 cm³/mol. The lowest BCUT2D eigenvalue weighted by molar-refractivity contribution is -0.128. The lowest BCUT2D eigenvalue weighted by Gasteiger charge is -2.23. The van der Waals surface area contributed by atoms with E-state index in [0.29, 0.717) is 29.6 Å². The maximum atomic E-state index is 13.2. The second-order valence-electron chi connectivity index (χ2n) is 7.34. The van der Waals surface area contributed by atoms with Crippen molar-refractivity contribution in [1.82, 2.24) is 5.16 Å². The van der Waals surface area contributed by atoms with Crippen LogP contribution in [0.5, 0.6) is 5.75 Å². The Bertz CT molecular complexity index is 982. The first-order chi connectivity index (χ1) is 13.5. The van der Waals surface area contributed by atoms with Crippen molar-refractivity contribution in [2.45, 2.75) is 18.6 Å². The molecule has 5 rings (SSSR count). The van der Waals surface area contributed by atoms with Crippen LogP contribution in [0.4, 0.5) is 11.5 Å². The fourth-order valence-corrected chi connectivity index (χ4v) is 4.37. The van der Waals surface area contributed by atoms with Crippen molar-refractivity contribution in [1.29, 1.82) is 0 Å². The summed E-state index contributed by atoms with van der Waals surface area (Å²) < 4.78 is 16.3. The van der Waals surface area contributed by atoms with E-state index in [0.717, 1.165) is 0 Å². The Labute approximate surface area is 161 Å². The quantitative estimate of drug-likeness (QED) is 0.814. The summed E-state index contributed by atoms with van der Waals surface area (Å²) in [6, 6.07) is 8.76. The third-order valence-electron chi connectivity index (χ3n) is 5.65. The summed E-state index contributed by atoms with van der Waals surface area (Å²) in [5.41, 5.74) is -0.155. The minimum atomic E-state index is -0.795. The molecule has 144 valence electrons. The SMILES string of the molecule is COc1ccc(NC(=O)[C@@H]2[C@H]3C=C[C@]4(CN(c5cc(C)on5)C(=O)[C@@H]24)O3)cc1. The van der Waals surface area contributed by atoms with Crippen molar-refractivity contribution in [2.24, 2.45) is 11.8 Å². The normalized spacial score (nSPS) is 30.0. The van der Waals surface area contributed by atoms with Gasteiger partial charge in [-0.2, -0.15) is 0 Å². The summed E-state index contributed by atoms with van der Waals surface area (Å²) in [4.78, 5) is 27.7. The van der Waals surface area contributed by atoms with Crippen LogP contribution < -0.4 is 15.0 Å². The van der Waals surface area contributed by atoms with E-state index >= 15 is 0 Å². The molecular formula is C20H19N3O5. The van der Waals surface area contributed by atoms with Crippen molar-refractivity contribution < 1.29 is 23.6 Å². The molecule has 2 amide bonds. The third kappa shape index (κ3) is 2.37. The Morgan fingerprint density at radius 3 is 2.82 bits per heavy atom. The van der Waals surface area contributed by atoms with E-state index in [1.807, 2.05) is 12.2 Å². The van der Waals surface area contributed by atoms with Gasteiger partial charge in [0.25, 0.3) is 0 Å². The number of ether oxygens (including phenoxy) is 2. The molecule has 8 nitrogen and oxygen atoms in total. The Hall–Kier alpha value is -3.13. The highest BCUT2D eigenvalue weighted by molar-refractivity contribution is 6.05. The molecule has 2 saturated heterocycles. The zero-order valence-corrected chi connectivity index (χ0v) is 15.4. The van der Waals surface area contributed by atoms with Gasteiger partial charge in [-0.05, 0) is 31.2 Å². The average Bonchev–Trinajstić information content (AvgIpc) is 3.43. The summed E-state index contributed by atoms with van der Waals surface area (Å²) in [6.45, 7) is 2.09. The van der Waals surface area contributed by atoms with E-state index in [4.69, 9.17) is 14.0 Å². The first kappa shape index (κ1) is 17.0. The summed E-state index contributed by atoms with van der Waals surface area (Å²) in [7, 11) is 1.58. The van der Waals surface area contributed by atoms with Gasteiger partial charge in [0, 0.05) is 11.8 Å². The first-order valence-corrected chi connectivity index (χ1v) is 9.07. The van der Waals surface area contributed by atoms with Gasteiger partial charge in [0.15, 0.2) is 5.82 Å². The number of rotatable bonds is 4. The van der Waals surface area contributed by atoms with E-state index in [1.165, 1.54) is 0 Å². The van der Waals surface area contributed by atoms with E-state index in [9.17, 15) is 9.59 Å². The number of carbonyl (C=O) groups is 2. The molecule has 1 N–H and O–H groups in total. The fraction of sp³-hybridized carbons (Fsp3) is 0.350. The first-order valence-electron chi connectivity index (χ1n) is 9.07. The number of hydrogen-bond donors (Lipinski definition) is 1. The molecule has 3 aliphatic rings. The highest BCUT2D eigenvalue weighted by Gasteiger charge is 2.67. The lowest BCUT2D eigenvalue weighted by Crippen LogP contribution is -2.41. The van der Waals surface area contributed by atoms with Gasteiger partial charge in [-0.25, -0.2) is 0 Å². The molecular weight excluding hydrogens is 362 g/mol. The van der Waals surface area contributed by atoms with Crippen LogP contribution in [0.2, 0.25) is 0 Å². The van der Waals surface area contributed by atoms with Gasteiger partial charge in [-0.1, -0.05) is 17.3 Å². The molecule has 0 unspecified atom stereocenters. The number of fused-ring (bicyclic) bond motifs is 1. The van der Waals surface area contributed by atoms with Crippen molar-refractivity contribution >= 4 is 23.3 Å². The molecule has 2 aromatic rings. The van der Waals surface area contributed by atoms with Gasteiger partial charge < -0.3 is 19.3 Å². The number of carbonyl (C=O) groups excluding carboxylic acids is 2. The van der Waals surface area contributed by atoms with Gasteiger partial charge in [0.05, 0.1) is 31.6 Å². The number of nitrogens with one attached hydrogen (secondary N) is 1. The zero-order valence-electron chi connectivity index (χ0n) is 15.4.